The molecule has 6 heteroatoms. The fourth-order valence-corrected chi connectivity index (χ4v) is 0.916. The Balaban J connectivity index is 2.57. The molecule has 0 spiro atoms. The van der Waals surface area contributed by atoms with Crippen molar-refractivity contribution in [3.63, 3.8) is 0 Å². The standard InChI is InChI=1S/C6H5BrN2O3/c7-5-2-1-3-6(8-5)12-4-9(10)11/h1-3H,4H2. The maximum Gasteiger partial charge on any atom is 0.345 e. The van der Waals surface area contributed by atoms with Crippen LogP contribution in [0.1, 0.15) is 0 Å². The number of halogens is 1. The van der Waals surface area contributed by atoms with E-state index in [1.54, 1.807) is 18.2 Å². The smallest absolute Gasteiger partial charge is 0.345 e. The van der Waals surface area contributed by atoms with E-state index >= 15 is 0 Å². The van der Waals surface area contributed by atoms with Gasteiger partial charge in [-0.15, -0.1) is 0 Å². The summed E-state index contributed by atoms with van der Waals surface area (Å²) >= 11 is 3.11. The van der Waals surface area contributed by atoms with Crippen LogP contribution >= 0.6 is 15.9 Å². The molecule has 1 aromatic heterocycles. The van der Waals surface area contributed by atoms with Crippen LogP contribution in [0.25, 0.3) is 0 Å². The van der Waals surface area contributed by atoms with Gasteiger partial charge in [-0.05, 0) is 22.0 Å². The predicted octanol–water partition coefficient (Wildman–Crippen LogP) is 1.46. The highest BCUT2D eigenvalue weighted by Crippen LogP contribution is 2.11. The summed E-state index contributed by atoms with van der Waals surface area (Å²) in [4.78, 5) is 13.2. The van der Waals surface area contributed by atoms with Gasteiger partial charge in [-0.2, -0.15) is 0 Å². The molecule has 0 aliphatic carbocycles. The predicted molar refractivity (Wildman–Crippen MR) is 44.4 cm³/mol. The molecule has 1 aromatic rings. The van der Waals surface area contributed by atoms with Gasteiger partial charge in [0.2, 0.25) is 5.88 Å². The lowest BCUT2D eigenvalue weighted by atomic mass is 10.5. The maximum atomic E-state index is 9.90. The van der Waals surface area contributed by atoms with Crippen LogP contribution in [0, 0.1) is 10.1 Å². The van der Waals surface area contributed by atoms with Gasteiger partial charge in [-0.1, -0.05) is 6.07 Å². The van der Waals surface area contributed by atoms with Gasteiger partial charge in [0.1, 0.15) is 4.60 Å². The van der Waals surface area contributed by atoms with Crippen molar-refractivity contribution in [3.8, 4) is 5.88 Å². The van der Waals surface area contributed by atoms with Crippen LogP contribution in [-0.2, 0) is 0 Å². The van der Waals surface area contributed by atoms with Gasteiger partial charge in [0, 0.05) is 6.07 Å². The van der Waals surface area contributed by atoms with Crippen molar-refractivity contribution in [1.29, 1.82) is 0 Å². The summed E-state index contributed by atoms with van der Waals surface area (Å²) in [6.07, 6.45) is 0. The third kappa shape index (κ3) is 2.83. The van der Waals surface area contributed by atoms with E-state index in [1.807, 2.05) is 0 Å². The first-order valence-electron chi connectivity index (χ1n) is 3.05. The second-order valence-electron chi connectivity index (χ2n) is 1.90. The van der Waals surface area contributed by atoms with Gasteiger partial charge in [-0.25, -0.2) is 4.98 Å². The van der Waals surface area contributed by atoms with Crippen molar-refractivity contribution in [2.24, 2.45) is 0 Å². The number of nitro groups is 1. The molecule has 0 saturated heterocycles. The van der Waals surface area contributed by atoms with E-state index in [1.165, 1.54) is 0 Å². The molecular formula is C6H5BrN2O3. The minimum absolute atomic E-state index is 0.237. The highest BCUT2D eigenvalue weighted by Gasteiger charge is 1.99. The van der Waals surface area contributed by atoms with Crippen LogP contribution in [0.2, 0.25) is 0 Å². The molecular weight excluding hydrogens is 228 g/mol. The van der Waals surface area contributed by atoms with Crippen LogP contribution in [-0.4, -0.2) is 16.6 Å². The van der Waals surface area contributed by atoms with E-state index in [0.717, 1.165) is 0 Å². The Morgan fingerprint density at radius 2 is 2.42 bits per heavy atom. The number of hydrogen-bond acceptors (Lipinski definition) is 4. The average Bonchev–Trinajstić information content (AvgIpc) is 2.01. The van der Waals surface area contributed by atoms with Crippen molar-refractivity contribution >= 4 is 15.9 Å². The average molecular weight is 233 g/mol. The quantitative estimate of drug-likeness (QED) is 0.343. The molecule has 0 radical (unpaired) electrons. The fraction of sp³-hybridized carbons (Fsp3) is 0.167. The molecule has 0 unspecified atom stereocenters. The molecule has 0 bridgehead atoms. The molecule has 0 amide bonds. The first-order chi connectivity index (χ1) is 5.68. The zero-order valence-corrected chi connectivity index (χ0v) is 7.52. The lowest BCUT2D eigenvalue weighted by Gasteiger charge is -1.98. The molecule has 1 heterocycles. The van der Waals surface area contributed by atoms with Gasteiger partial charge in [-0.3, -0.25) is 10.1 Å². The maximum absolute atomic E-state index is 9.90. The molecule has 0 saturated carbocycles. The highest BCUT2D eigenvalue weighted by molar-refractivity contribution is 9.10. The van der Waals surface area contributed by atoms with Crippen LogP contribution < -0.4 is 4.74 Å². The third-order valence-corrected chi connectivity index (χ3v) is 1.45. The van der Waals surface area contributed by atoms with Gasteiger partial charge in [0.05, 0.1) is 4.92 Å². The van der Waals surface area contributed by atoms with Crippen LogP contribution in [0.5, 0.6) is 5.88 Å². The zero-order chi connectivity index (χ0) is 8.97. The monoisotopic (exact) mass is 232 g/mol. The summed E-state index contributed by atoms with van der Waals surface area (Å²) in [5.74, 6) is 0.237. The molecule has 0 fully saturated rings. The molecule has 0 atom stereocenters. The van der Waals surface area contributed by atoms with Crippen molar-refractivity contribution in [2.75, 3.05) is 6.73 Å². The van der Waals surface area contributed by atoms with Gasteiger partial charge in [0.15, 0.2) is 0 Å². The summed E-state index contributed by atoms with van der Waals surface area (Å²) in [5.41, 5.74) is 0. The normalized spacial score (nSPS) is 9.42. The molecule has 0 aliphatic heterocycles. The summed E-state index contributed by atoms with van der Waals surface area (Å²) < 4.78 is 5.29. The summed E-state index contributed by atoms with van der Waals surface area (Å²) in [6.45, 7) is -0.566. The number of pyridine rings is 1. The topological polar surface area (TPSA) is 65.3 Å². The molecule has 0 N–H and O–H groups in total. The first-order valence-corrected chi connectivity index (χ1v) is 3.85. The number of nitrogens with zero attached hydrogens (tertiary/aromatic N) is 2. The largest absolute Gasteiger partial charge is 0.414 e. The number of aromatic nitrogens is 1. The zero-order valence-electron chi connectivity index (χ0n) is 5.94. The molecule has 64 valence electrons. The SMILES string of the molecule is O=[N+]([O-])COc1cccc(Br)n1. The van der Waals surface area contributed by atoms with Crippen molar-refractivity contribution in [3.05, 3.63) is 32.9 Å². The van der Waals surface area contributed by atoms with Gasteiger partial charge in [0.25, 0.3) is 0 Å². The molecule has 0 aliphatic rings. The van der Waals surface area contributed by atoms with E-state index in [9.17, 15) is 10.1 Å². The van der Waals surface area contributed by atoms with Crippen molar-refractivity contribution in [1.82, 2.24) is 4.98 Å². The summed E-state index contributed by atoms with van der Waals surface area (Å²) in [6, 6.07) is 4.94. The minimum Gasteiger partial charge on any atom is -0.414 e. The lowest BCUT2D eigenvalue weighted by Crippen LogP contribution is -2.08. The first kappa shape index (κ1) is 8.92. The van der Waals surface area contributed by atoms with E-state index < -0.39 is 11.7 Å². The van der Waals surface area contributed by atoms with Crippen LogP contribution in [0.15, 0.2) is 22.8 Å². The Morgan fingerprint density at radius 1 is 1.67 bits per heavy atom. The van der Waals surface area contributed by atoms with Gasteiger partial charge < -0.3 is 4.74 Å². The third-order valence-electron chi connectivity index (χ3n) is 1.01. The molecule has 1 rings (SSSR count). The second-order valence-corrected chi connectivity index (χ2v) is 2.72. The Kier molecular flexibility index (Phi) is 2.98. The van der Waals surface area contributed by atoms with Crippen LogP contribution in [0.3, 0.4) is 0 Å². The highest BCUT2D eigenvalue weighted by atomic mass is 79.9. The Hall–Kier alpha value is -1.17. The summed E-state index contributed by atoms with van der Waals surface area (Å²) in [5, 5.41) is 9.90. The van der Waals surface area contributed by atoms with Crippen molar-refractivity contribution < 1.29 is 9.66 Å². The van der Waals surface area contributed by atoms with E-state index in [4.69, 9.17) is 4.74 Å². The number of hydrogen-bond donors (Lipinski definition) is 0. The van der Waals surface area contributed by atoms with Gasteiger partial charge >= 0.3 is 6.73 Å². The number of rotatable bonds is 3. The lowest BCUT2D eigenvalue weighted by molar-refractivity contribution is -0.514. The Morgan fingerprint density at radius 3 is 3.00 bits per heavy atom. The summed E-state index contributed by atoms with van der Waals surface area (Å²) in [7, 11) is 0. The number of ether oxygens (including phenoxy) is 1. The van der Waals surface area contributed by atoms with Crippen molar-refractivity contribution in [2.45, 2.75) is 0 Å². The van der Waals surface area contributed by atoms with Crippen LogP contribution in [0.4, 0.5) is 0 Å². The fourth-order valence-electron chi connectivity index (χ4n) is 0.589. The Labute approximate surface area is 76.7 Å². The minimum atomic E-state index is -0.567. The molecule has 0 aromatic carbocycles. The van der Waals surface area contributed by atoms with E-state index in [2.05, 4.69) is 20.9 Å². The molecule has 5 nitrogen and oxygen atoms in total. The van der Waals surface area contributed by atoms with E-state index in [-0.39, 0.29) is 5.88 Å². The molecule has 12 heavy (non-hydrogen) atoms. The van der Waals surface area contributed by atoms with E-state index in [0.29, 0.717) is 4.60 Å². The second kappa shape index (κ2) is 4.01. The Bertz CT molecular complexity index is 292.